The van der Waals surface area contributed by atoms with Gasteiger partial charge in [0.15, 0.2) is 0 Å². The third-order valence-electron chi connectivity index (χ3n) is 9.88. The van der Waals surface area contributed by atoms with E-state index in [0.29, 0.717) is 0 Å². The minimum atomic E-state index is -0.0180. The zero-order valence-electron chi connectivity index (χ0n) is 26.3. The highest BCUT2D eigenvalue weighted by Gasteiger charge is 2.39. The predicted octanol–water partition coefficient (Wildman–Crippen LogP) is 12.1. The van der Waals surface area contributed by atoms with Gasteiger partial charge in [0.1, 0.15) is 0 Å². The van der Waals surface area contributed by atoms with Gasteiger partial charge < -0.3 is 4.57 Å². The Kier molecular flexibility index (Phi) is 6.39. The van der Waals surface area contributed by atoms with E-state index in [2.05, 4.69) is 159 Å². The maximum absolute atomic E-state index is 4.69. The van der Waals surface area contributed by atoms with Gasteiger partial charge in [0.2, 0.25) is 0 Å². The first kappa shape index (κ1) is 27.4. The first-order valence-corrected chi connectivity index (χ1v) is 16.0. The average molecular weight is 580 g/mol. The van der Waals surface area contributed by atoms with E-state index in [0.717, 1.165) is 18.5 Å². The Morgan fingerprint density at radius 1 is 0.667 bits per heavy atom. The van der Waals surface area contributed by atoms with E-state index >= 15 is 0 Å². The molecule has 2 aliphatic rings. The summed E-state index contributed by atoms with van der Waals surface area (Å²) in [6.07, 6.45) is 9.42. The molecule has 1 heteroatoms. The molecular formula is C44H37N. The van der Waals surface area contributed by atoms with Crippen LogP contribution in [0.25, 0.3) is 60.9 Å². The smallest absolute Gasteiger partial charge is 0.0544 e. The first-order chi connectivity index (χ1) is 21.9. The van der Waals surface area contributed by atoms with Gasteiger partial charge in [0, 0.05) is 21.9 Å². The zero-order chi connectivity index (χ0) is 30.7. The second-order valence-corrected chi connectivity index (χ2v) is 13.1. The Bertz CT molecular complexity index is 2180. The fourth-order valence-corrected chi connectivity index (χ4v) is 7.58. The topological polar surface area (TPSA) is 4.93 Å². The van der Waals surface area contributed by atoms with Crippen molar-refractivity contribution in [2.24, 2.45) is 0 Å². The molecule has 218 valence electrons. The van der Waals surface area contributed by atoms with Gasteiger partial charge in [-0.25, -0.2) is 0 Å². The highest BCUT2D eigenvalue weighted by molar-refractivity contribution is 6.13. The van der Waals surface area contributed by atoms with E-state index in [1.165, 1.54) is 77.5 Å². The van der Waals surface area contributed by atoms with Crippen molar-refractivity contribution in [3.05, 3.63) is 162 Å². The van der Waals surface area contributed by atoms with Crippen molar-refractivity contribution in [2.45, 2.75) is 39.0 Å². The summed E-state index contributed by atoms with van der Waals surface area (Å²) in [5, 5.41) is 2.56. The van der Waals surface area contributed by atoms with Crippen LogP contribution < -0.4 is 0 Å². The molecule has 0 bridgehead atoms. The van der Waals surface area contributed by atoms with Crippen molar-refractivity contribution in [3.63, 3.8) is 0 Å². The zero-order valence-corrected chi connectivity index (χ0v) is 26.3. The van der Waals surface area contributed by atoms with Crippen LogP contribution >= 0.6 is 0 Å². The normalized spacial score (nSPS) is 15.5. The van der Waals surface area contributed by atoms with Crippen molar-refractivity contribution in [2.75, 3.05) is 0 Å². The van der Waals surface area contributed by atoms with Crippen LogP contribution in [-0.2, 0) is 5.41 Å². The van der Waals surface area contributed by atoms with Gasteiger partial charge in [-0.3, -0.25) is 0 Å². The lowest BCUT2D eigenvalue weighted by molar-refractivity contribution is 0.655. The second-order valence-electron chi connectivity index (χ2n) is 13.1. The average Bonchev–Trinajstić information content (AvgIpc) is 3.52. The quantitative estimate of drug-likeness (QED) is 0.179. The van der Waals surface area contributed by atoms with Gasteiger partial charge in [0.05, 0.1) is 11.0 Å². The molecule has 2 aliphatic carbocycles. The van der Waals surface area contributed by atoms with Gasteiger partial charge >= 0.3 is 0 Å². The van der Waals surface area contributed by atoms with Crippen molar-refractivity contribution in [1.82, 2.24) is 4.57 Å². The molecule has 0 aliphatic heterocycles. The Labute approximate surface area is 266 Å². The number of allylic oxidation sites excluding steroid dienone is 7. The summed E-state index contributed by atoms with van der Waals surface area (Å²) in [5.41, 5.74) is 16.3. The lowest BCUT2D eigenvalue weighted by Crippen LogP contribution is -2.15. The molecule has 0 unspecified atom stereocenters. The number of para-hydroxylation sites is 1. The summed E-state index contributed by atoms with van der Waals surface area (Å²) in [6, 6.07) is 41.9. The molecule has 0 spiro atoms. The molecule has 1 heterocycles. The maximum atomic E-state index is 4.69. The molecule has 6 aromatic rings. The Morgan fingerprint density at radius 2 is 1.29 bits per heavy atom. The van der Waals surface area contributed by atoms with Crippen LogP contribution in [0.15, 0.2) is 146 Å². The Balaban J connectivity index is 1.29. The fraction of sp³-hybridized carbons (Fsp3) is 0.136. The molecule has 5 aromatic carbocycles. The number of nitrogens with zero attached hydrogens (tertiary/aromatic N) is 1. The van der Waals surface area contributed by atoms with Crippen LogP contribution in [0.3, 0.4) is 0 Å². The Morgan fingerprint density at radius 3 is 1.98 bits per heavy atom. The highest BCUT2D eigenvalue weighted by Crippen LogP contribution is 2.53. The van der Waals surface area contributed by atoms with Crippen LogP contribution in [0.4, 0.5) is 0 Å². The van der Waals surface area contributed by atoms with E-state index in [9.17, 15) is 0 Å². The standard InChI is InChI=1S/C44H37N/c1-29(33-24-34(31-15-7-5-8-16-31)26-35(25-33)32-17-9-6-10-18-32)23-30(2)45-42-22-14-12-20-37(42)39-27-38-36-19-11-13-21-40(36)44(3,4)41(38)28-43(39)45/h5-10,12,14-28H,2,11,13H2,1,3-4H3/b29-23+. The van der Waals surface area contributed by atoms with E-state index in [-0.39, 0.29) is 5.41 Å². The molecule has 0 radical (unpaired) electrons. The van der Waals surface area contributed by atoms with Gasteiger partial charge in [0.25, 0.3) is 0 Å². The van der Waals surface area contributed by atoms with Crippen LogP contribution in [0.2, 0.25) is 0 Å². The van der Waals surface area contributed by atoms with E-state index in [1.807, 2.05) is 0 Å². The molecule has 45 heavy (non-hydrogen) atoms. The van der Waals surface area contributed by atoms with Gasteiger partial charge in [-0.15, -0.1) is 0 Å². The number of hydrogen-bond donors (Lipinski definition) is 0. The molecule has 0 N–H and O–H groups in total. The van der Waals surface area contributed by atoms with Crippen molar-refractivity contribution in [1.29, 1.82) is 0 Å². The number of hydrogen-bond acceptors (Lipinski definition) is 0. The Hall–Kier alpha value is -5.14. The molecule has 0 saturated carbocycles. The first-order valence-electron chi connectivity index (χ1n) is 16.0. The summed E-state index contributed by atoms with van der Waals surface area (Å²) in [5.74, 6) is 0. The maximum Gasteiger partial charge on any atom is 0.0544 e. The predicted molar refractivity (Wildman–Crippen MR) is 194 cm³/mol. The molecule has 8 rings (SSSR count). The van der Waals surface area contributed by atoms with Gasteiger partial charge in [-0.05, 0) is 118 Å². The van der Waals surface area contributed by atoms with E-state index in [4.69, 9.17) is 6.58 Å². The third-order valence-corrected chi connectivity index (χ3v) is 9.88. The molecule has 1 aromatic heterocycles. The summed E-state index contributed by atoms with van der Waals surface area (Å²) >= 11 is 0. The van der Waals surface area contributed by atoms with E-state index < -0.39 is 0 Å². The fourth-order valence-electron chi connectivity index (χ4n) is 7.58. The summed E-state index contributed by atoms with van der Waals surface area (Å²) in [4.78, 5) is 0. The van der Waals surface area contributed by atoms with Crippen LogP contribution in [0.5, 0.6) is 0 Å². The lowest BCUT2D eigenvalue weighted by Gasteiger charge is -2.23. The second kappa shape index (κ2) is 10.5. The monoisotopic (exact) mass is 579 g/mol. The molecule has 0 saturated heterocycles. The van der Waals surface area contributed by atoms with Crippen LogP contribution in [0, 0.1) is 0 Å². The molecule has 0 atom stereocenters. The van der Waals surface area contributed by atoms with Crippen molar-refractivity contribution in [3.8, 4) is 22.3 Å². The summed E-state index contributed by atoms with van der Waals surface area (Å²) in [6.45, 7) is 11.7. The van der Waals surface area contributed by atoms with Crippen molar-refractivity contribution >= 4 is 38.6 Å². The van der Waals surface area contributed by atoms with Crippen LogP contribution in [0.1, 0.15) is 50.3 Å². The van der Waals surface area contributed by atoms with Gasteiger partial charge in [-0.1, -0.05) is 111 Å². The highest BCUT2D eigenvalue weighted by atomic mass is 15.0. The minimum absolute atomic E-state index is 0.0180. The number of fused-ring (bicyclic) bond motifs is 6. The summed E-state index contributed by atoms with van der Waals surface area (Å²) in [7, 11) is 0. The largest absolute Gasteiger partial charge is 0.310 e. The van der Waals surface area contributed by atoms with E-state index in [1.54, 1.807) is 0 Å². The molecule has 0 fully saturated rings. The number of benzene rings is 5. The minimum Gasteiger partial charge on any atom is -0.310 e. The van der Waals surface area contributed by atoms with Crippen LogP contribution in [-0.4, -0.2) is 4.57 Å². The lowest BCUT2D eigenvalue weighted by atomic mass is 9.80. The van der Waals surface area contributed by atoms with Gasteiger partial charge in [-0.2, -0.15) is 0 Å². The SMILES string of the molecule is C=C(/C=C(\C)c1cc(-c2ccccc2)cc(-c2ccccc2)c1)n1c2ccccc2c2cc3c(cc21)C(C)(C)C1=CCCC=C13. The molecular weight excluding hydrogens is 542 g/mol. The third kappa shape index (κ3) is 4.46. The van der Waals surface area contributed by atoms with Crippen molar-refractivity contribution < 1.29 is 0 Å². The number of aromatic nitrogens is 1. The number of rotatable bonds is 5. The molecule has 1 nitrogen and oxygen atoms in total. The summed E-state index contributed by atoms with van der Waals surface area (Å²) < 4.78 is 2.37. The molecule has 0 amide bonds.